The molecule has 6 aliphatic carbocycles. The molecule has 0 spiro atoms. The van der Waals surface area contributed by atoms with E-state index in [9.17, 15) is 27.5 Å². The van der Waals surface area contributed by atoms with Gasteiger partial charge in [0.15, 0.2) is 9.84 Å². The molecule has 0 bridgehead atoms. The van der Waals surface area contributed by atoms with Crippen LogP contribution in [0, 0.1) is 74.4 Å². The molecule has 7 aliphatic rings. The monoisotopic (exact) mass is 777 g/mol. The van der Waals surface area contributed by atoms with Gasteiger partial charge in [-0.15, -0.1) is 0 Å². The third-order valence-electron chi connectivity index (χ3n) is 18.9. The van der Waals surface area contributed by atoms with E-state index in [1.54, 1.807) is 0 Å². The Kier molecular flexibility index (Phi) is 10.4. The quantitative estimate of drug-likeness (QED) is 0.216. The molecule has 0 amide bonds. The Hall–Kier alpha value is -1.26. The molecule has 54 heavy (non-hydrogen) atoms. The number of carbonyl (C=O) groups excluding carboxylic acids is 1. The van der Waals surface area contributed by atoms with E-state index in [1.165, 1.54) is 38.5 Å². The zero-order chi connectivity index (χ0) is 39.4. The summed E-state index contributed by atoms with van der Waals surface area (Å²) < 4.78 is 44.9. The standard InChI is InChI=1S/C44H73FN2O6S/c1-27(2)29-12-18-44(46-21-15-28(26-45)47-22-24-54(51,52)25-23-47)20-19-42(8)30(34(29)44)10-11-32-41(7)16-14-33(39(3,4)31(41)13-17-43(32,42)9)53-38(50)36-35(37(48)49)40(36,5)6/h27-36,46H,10-26H2,1-9H3,(H,48,49)/t28?,29-,30+,31-,32+,33-,34+,35-,36+,41-,42+,43+,44-/m0/s1. The Morgan fingerprint density at radius 2 is 1.52 bits per heavy atom. The van der Waals surface area contributed by atoms with Crippen molar-refractivity contribution in [3.8, 4) is 0 Å². The molecule has 6 saturated carbocycles. The summed E-state index contributed by atoms with van der Waals surface area (Å²) in [5, 5.41) is 13.9. The fraction of sp³-hybridized carbons (Fsp3) is 0.955. The molecule has 2 N–H and O–H groups in total. The molecule has 1 heterocycles. The maximum Gasteiger partial charge on any atom is 0.310 e. The number of esters is 1. The molecule has 1 unspecified atom stereocenters. The first-order valence-electron chi connectivity index (χ1n) is 21.8. The molecule has 10 heteroatoms. The Balaban J connectivity index is 1.08. The molecule has 1 aliphatic heterocycles. The van der Waals surface area contributed by atoms with Crippen LogP contribution in [0.3, 0.4) is 0 Å². The molecule has 7 fully saturated rings. The summed E-state index contributed by atoms with van der Waals surface area (Å²) in [6.07, 6.45) is 12.0. The number of nitrogens with one attached hydrogen (secondary N) is 1. The van der Waals surface area contributed by atoms with E-state index in [2.05, 4.69) is 58.7 Å². The van der Waals surface area contributed by atoms with E-state index in [0.717, 1.165) is 32.2 Å². The van der Waals surface area contributed by atoms with Gasteiger partial charge >= 0.3 is 11.9 Å². The van der Waals surface area contributed by atoms with E-state index in [-0.39, 0.29) is 56.8 Å². The van der Waals surface area contributed by atoms with E-state index in [0.29, 0.717) is 55.0 Å². The van der Waals surface area contributed by atoms with E-state index in [4.69, 9.17) is 4.74 Å². The number of aliphatic carboxylic acids is 1. The molecule has 308 valence electrons. The normalized spacial score (nSPS) is 46.7. The first-order valence-corrected chi connectivity index (χ1v) is 23.6. The van der Waals surface area contributed by atoms with Gasteiger partial charge in [0.2, 0.25) is 0 Å². The van der Waals surface area contributed by atoms with Crippen LogP contribution >= 0.6 is 0 Å². The highest BCUT2D eigenvalue weighted by atomic mass is 32.2. The smallest absolute Gasteiger partial charge is 0.310 e. The fourth-order valence-corrected chi connectivity index (χ4v) is 16.8. The summed E-state index contributed by atoms with van der Waals surface area (Å²) in [5.74, 6) is 1.35. The van der Waals surface area contributed by atoms with Crippen molar-refractivity contribution in [3.05, 3.63) is 0 Å². The van der Waals surface area contributed by atoms with Crippen molar-refractivity contribution in [3.63, 3.8) is 0 Å². The third-order valence-corrected chi connectivity index (χ3v) is 20.5. The van der Waals surface area contributed by atoms with Crippen LogP contribution in [0.2, 0.25) is 0 Å². The number of nitrogens with zero attached hydrogens (tertiary/aromatic N) is 1. The summed E-state index contributed by atoms with van der Waals surface area (Å²) in [7, 11) is -3.00. The van der Waals surface area contributed by atoms with Crippen LogP contribution in [-0.2, 0) is 24.2 Å². The second-order valence-electron chi connectivity index (χ2n) is 21.9. The van der Waals surface area contributed by atoms with Gasteiger partial charge < -0.3 is 15.2 Å². The topological polar surface area (TPSA) is 113 Å². The lowest BCUT2D eigenvalue weighted by atomic mass is 9.32. The number of carbonyl (C=O) groups is 2. The molecule has 0 aromatic heterocycles. The van der Waals surface area contributed by atoms with Crippen molar-refractivity contribution in [2.24, 2.45) is 74.4 Å². The number of alkyl halides is 1. The Bertz CT molecular complexity index is 1570. The van der Waals surface area contributed by atoms with Gasteiger partial charge in [-0.3, -0.25) is 14.5 Å². The van der Waals surface area contributed by atoms with E-state index >= 15 is 0 Å². The first kappa shape index (κ1) is 40.9. The van der Waals surface area contributed by atoms with Crippen LogP contribution < -0.4 is 5.32 Å². The zero-order valence-electron chi connectivity index (χ0n) is 35.0. The lowest BCUT2D eigenvalue weighted by Gasteiger charge is -2.73. The lowest BCUT2D eigenvalue weighted by molar-refractivity contribution is -0.247. The van der Waals surface area contributed by atoms with Gasteiger partial charge in [-0.1, -0.05) is 62.3 Å². The second-order valence-corrected chi connectivity index (χ2v) is 24.2. The Morgan fingerprint density at radius 1 is 0.833 bits per heavy atom. The minimum absolute atomic E-state index is 0.0786. The summed E-state index contributed by atoms with van der Waals surface area (Å²) in [5.41, 5.74) is -0.110. The molecule has 13 atom stereocenters. The summed E-state index contributed by atoms with van der Waals surface area (Å²) in [4.78, 5) is 27.4. The largest absolute Gasteiger partial charge is 0.481 e. The second kappa shape index (κ2) is 13.7. The van der Waals surface area contributed by atoms with Gasteiger partial charge in [0.05, 0.1) is 23.3 Å². The average molecular weight is 777 g/mol. The van der Waals surface area contributed by atoms with E-state index in [1.807, 2.05) is 13.8 Å². The van der Waals surface area contributed by atoms with Gasteiger partial charge in [-0.05, 0) is 134 Å². The van der Waals surface area contributed by atoms with Crippen LogP contribution in [0.1, 0.15) is 133 Å². The number of carboxylic acids is 1. The maximum absolute atomic E-state index is 14.4. The van der Waals surface area contributed by atoms with Crippen LogP contribution in [-0.4, -0.2) is 85.9 Å². The molecule has 7 rings (SSSR count). The van der Waals surface area contributed by atoms with Gasteiger partial charge in [0, 0.05) is 30.1 Å². The van der Waals surface area contributed by atoms with Crippen LogP contribution in [0.25, 0.3) is 0 Å². The molecular formula is C44H73FN2O6S. The number of hydrogen-bond acceptors (Lipinski definition) is 7. The fourth-order valence-electron chi connectivity index (χ4n) is 15.6. The Labute approximate surface area is 326 Å². The lowest BCUT2D eigenvalue weighted by Crippen LogP contribution is -2.69. The van der Waals surface area contributed by atoms with Crippen molar-refractivity contribution in [1.29, 1.82) is 0 Å². The number of fused-ring (bicyclic) bond motifs is 7. The third kappa shape index (κ3) is 6.16. The number of hydrogen-bond donors (Lipinski definition) is 2. The van der Waals surface area contributed by atoms with Crippen molar-refractivity contribution in [2.75, 3.05) is 37.8 Å². The highest BCUT2D eigenvalue weighted by Gasteiger charge is 2.72. The van der Waals surface area contributed by atoms with Crippen molar-refractivity contribution in [1.82, 2.24) is 10.2 Å². The van der Waals surface area contributed by atoms with Gasteiger partial charge in [-0.25, -0.2) is 12.8 Å². The number of rotatable bonds is 10. The summed E-state index contributed by atoms with van der Waals surface area (Å²) in [6, 6.07) is -0.227. The summed E-state index contributed by atoms with van der Waals surface area (Å²) >= 11 is 0. The van der Waals surface area contributed by atoms with Gasteiger partial charge in [0.1, 0.15) is 12.8 Å². The van der Waals surface area contributed by atoms with Crippen LogP contribution in [0.4, 0.5) is 4.39 Å². The number of sulfone groups is 1. The van der Waals surface area contributed by atoms with Crippen molar-refractivity contribution in [2.45, 2.75) is 151 Å². The zero-order valence-corrected chi connectivity index (χ0v) is 35.8. The first-order chi connectivity index (χ1) is 25.1. The highest BCUT2D eigenvalue weighted by Crippen LogP contribution is 2.76. The molecule has 0 radical (unpaired) electrons. The molecule has 8 nitrogen and oxygen atoms in total. The minimum atomic E-state index is -3.00. The maximum atomic E-state index is 14.4. The molecular weight excluding hydrogens is 704 g/mol. The van der Waals surface area contributed by atoms with Gasteiger partial charge in [-0.2, -0.15) is 0 Å². The molecule has 1 saturated heterocycles. The number of halogens is 1. The van der Waals surface area contributed by atoms with Crippen molar-refractivity contribution >= 4 is 21.8 Å². The van der Waals surface area contributed by atoms with Crippen LogP contribution in [0.5, 0.6) is 0 Å². The SMILES string of the molecule is CC(C)[C@@H]1CC[C@]2(NCCC(CF)N3CCS(=O)(=O)CC3)CC[C@]3(C)[C@H](CC[C@@H]4[C@@]5(C)CC[C@H](OC(=O)[C@H]6[C@@H](C(=O)O)C6(C)C)C(C)(C)[C@@H]5CC[C@]43C)[C@@H]12. The Morgan fingerprint density at radius 3 is 2.13 bits per heavy atom. The predicted octanol–water partition coefficient (Wildman–Crippen LogP) is 7.79. The average Bonchev–Trinajstić information content (AvgIpc) is 3.47. The van der Waals surface area contributed by atoms with E-state index < -0.39 is 39.7 Å². The van der Waals surface area contributed by atoms with Crippen molar-refractivity contribution < 1.29 is 32.2 Å². The van der Waals surface area contributed by atoms with Gasteiger partial charge in [0.25, 0.3) is 0 Å². The number of ether oxygens (including phenoxy) is 1. The number of carboxylic acid groups (broad SMARTS) is 1. The molecule has 0 aromatic rings. The van der Waals surface area contributed by atoms with Crippen LogP contribution in [0.15, 0.2) is 0 Å². The minimum Gasteiger partial charge on any atom is -0.481 e. The predicted molar refractivity (Wildman–Crippen MR) is 210 cm³/mol. The summed E-state index contributed by atoms with van der Waals surface area (Å²) in [6.45, 7) is 22.4. The highest BCUT2D eigenvalue weighted by molar-refractivity contribution is 7.91. The molecule has 0 aromatic carbocycles.